The van der Waals surface area contributed by atoms with Crippen LogP contribution in [-0.2, 0) is 16.5 Å². The predicted octanol–water partition coefficient (Wildman–Crippen LogP) is 5.90. The quantitative estimate of drug-likeness (QED) is 0.476. The number of carbonyl (C=O) groups excluding carboxylic acids is 1. The van der Waals surface area contributed by atoms with Crippen LogP contribution in [0, 0.1) is 0 Å². The average molecular weight is 493 g/mol. The van der Waals surface area contributed by atoms with Crippen molar-refractivity contribution in [3.63, 3.8) is 0 Å². The molecule has 1 aliphatic rings. The van der Waals surface area contributed by atoms with Gasteiger partial charge < -0.3 is 5.32 Å². The van der Waals surface area contributed by atoms with Gasteiger partial charge in [0.05, 0.1) is 22.8 Å². The fraction of sp³-hybridized carbons (Fsp3) is 0.360. The monoisotopic (exact) mass is 492 g/mol. The van der Waals surface area contributed by atoms with Gasteiger partial charge in [-0.3, -0.25) is 14.8 Å². The van der Waals surface area contributed by atoms with Crippen LogP contribution in [0.15, 0.2) is 66.9 Å². The van der Waals surface area contributed by atoms with E-state index in [1.54, 1.807) is 0 Å². The summed E-state index contributed by atoms with van der Waals surface area (Å²) in [5, 5.41) is 11.0. The summed E-state index contributed by atoms with van der Waals surface area (Å²) in [7, 11) is 0. The van der Waals surface area contributed by atoms with Gasteiger partial charge >= 0.3 is 6.18 Å². The fourth-order valence-corrected chi connectivity index (χ4v) is 4.13. The summed E-state index contributed by atoms with van der Waals surface area (Å²) in [4.78, 5) is 13.0. The van der Waals surface area contributed by atoms with Crippen molar-refractivity contribution in [2.24, 2.45) is 0 Å². The number of anilines is 1. The van der Waals surface area contributed by atoms with E-state index in [-0.39, 0.29) is 35.8 Å². The van der Waals surface area contributed by atoms with Crippen LogP contribution in [0.2, 0.25) is 0 Å². The van der Waals surface area contributed by atoms with Gasteiger partial charge in [-0.15, -0.1) is 12.4 Å². The third-order valence-corrected chi connectivity index (χ3v) is 5.90. The number of halogens is 4. The topological polar surface area (TPSA) is 59.0 Å². The molecule has 9 heteroatoms. The average Bonchev–Trinajstić information content (AvgIpc) is 3.41. The lowest BCUT2D eigenvalue weighted by molar-refractivity contribution is -0.137. The minimum Gasteiger partial charge on any atom is -0.325 e. The summed E-state index contributed by atoms with van der Waals surface area (Å²) in [6.45, 7) is 6.13. The highest BCUT2D eigenvalue weighted by Crippen LogP contribution is 2.41. The highest BCUT2D eigenvalue weighted by atomic mass is 35.5. The number of benzene rings is 2. The van der Waals surface area contributed by atoms with Crippen molar-refractivity contribution >= 4 is 24.0 Å². The number of hydrogen-bond acceptors (Lipinski definition) is 3. The Bertz CT molecular complexity index is 1110. The Balaban J connectivity index is 0.00000324. The van der Waals surface area contributed by atoms with Crippen molar-refractivity contribution in [2.45, 2.75) is 56.9 Å². The Kier molecular flexibility index (Phi) is 7.43. The van der Waals surface area contributed by atoms with Gasteiger partial charge in [0, 0.05) is 23.8 Å². The van der Waals surface area contributed by atoms with E-state index in [1.807, 2.05) is 68.0 Å². The number of amides is 1. The molecule has 2 aromatic carbocycles. The van der Waals surface area contributed by atoms with Crippen LogP contribution in [-0.4, -0.2) is 21.7 Å². The van der Waals surface area contributed by atoms with Crippen molar-refractivity contribution in [2.75, 3.05) is 5.32 Å². The first kappa shape index (κ1) is 25.8. The number of nitrogens with zero attached hydrogens (tertiary/aromatic N) is 2. The molecule has 1 saturated heterocycles. The van der Waals surface area contributed by atoms with Crippen molar-refractivity contribution in [1.29, 1.82) is 0 Å². The van der Waals surface area contributed by atoms with E-state index in [0.29, 0.717) is 17.7 Å². The molecule has 1 aliphatic heterocycles. The molecule has 3 aromatic rings. The molecule has 0 saturated carbocycles. The molecule has 0 spiro atoms. The zero-order valence-corrected chi connectivity index (χ0v) is 20.0. The minimum absolute atomic E-state index is 0. The van der Waals surface area contributed by atoms with Gasteiger partial charge in [-0.1, -0.05) is 30.3 Å². The molecule has 0 radical (unpaired) electrons. The molecule has 1 unspecified atom stereocenters. The molecule has 1 fully saturated rings. The Labute approximate surface area is 203 Å². The molecular weight excluding hydrogens is 465 g/mol. The lowest BCUT2D eigenvalue weighted by atomic mass is 9.90. The number of para-hydroxylation sites is 1. The van der Waals surface area contributed by atoms with E-state index in [0.717, 1.165) is 17.8 Å². The lowest BCUT2D eigenvalue weighted by Crippen LogP contribution is -2.36. The SMILES string of the molecule is CC(C)(C)n1ccc(C2C[C@@H](C(=O)Nc3ccccc3)N[C@H]2c2ccc(C(F)(F)F)cc2)n1.Cl. The summed E-state index contributed by atoms with van der Waals surface area (Å²) < 4.78 is 41.0. The van der Waals surface area contributed by atoms with Gasteiger partial charge in [0.1, 0.15) is 0 Å². The molecule has 0 bridgehead atoms. The highest BCUT2D eigenvalue weighted by Gasteiger charge is 2.41. The van der Waals surface area contributed by atoms with Crippen LogP contribution in [0.4, 0.5) is 18.9 Å². The molecule has 3 atom stereocenters. The number of rotatable bonds is 4. The Hall–Kier alpha value is -2.84. The molecule has 1 amide bonds. The predicted molar refractivity (Wildman–Crippen MR) is 128 cm³/mol. The second-order valence-electron chi connectivity index (χ2n) is 9.37. The van der Waals surface area contributed by atoms with E-state index in [9.17, 15) is 18.0 Å². The molecule has 1 aromatic heterocycles. The van der Waals surface area contributed by atoms with Crippen molar-refractivity contribution in [3.8, 4) is 0 Å². The van der Waals surface area contributed by atoms with Gasteiger partial charge in [0.2, 0.25) is 5.91 Å². The van der Waals surface area contributed by atoms with Crippen LogP contribution in [0.25, 0.3) is 0 Å². The van der Waals surface area contributed by atoms with Crippen LogP contribution in [0.3, 0.4) is 0 Å². The zero-order chi connectivity index (χ0) is 23.8. The largest absolute Gasteiger partial charge is 0.416 e. The first-order valence-electron chi connectivity index (χ1n) is 10.9. The smallest absolute Gasteiger partial charge is 0.325 e. The molecule has 0 aliphatic carbocycles. The molecule has 34 heavy (non-hydrogen) atoms. The van der Waals surface area contributed by atoms with E-state index < -0.39 is 17.8 Å². The molecular formula is C25H28ClF3N4O. The maximum atomic E-state index is 13.0. The fourth-order valence-electron chi connectivity index (χ4n) is 4.13. The van der Waals surface area contributed by atoms with Crippen LogP contribution < -0.4 is 10.6 Å². The van der Waals surface area contributed by atoms with Crippen LogP contribution in [0.5, 0.6) is 0 Å². The number of aromatic nitrogens is 2. The third kappa shape index (κ3) is 5.62. The summed E-state index contributed by atoms with van der Waals surface area (Å²) in [6.07, 6.45) is -2.02. The zero-order valence-electron chi connectivity index (χ0n) is 19.1. The number of nitrogens with one attached hydrogen (secondary N) is 2. The van der Waals surface area contributed by atoms with Gasteiger partial charge in [0.15, 0.2) is 0 Å². The van der Waals surface area contributed by atoms with Gasteiger partial charge in [0.25, 0.3) is 0 Å². The Morgan fingerprint density at radius 3 is 2.24 bits per heavy atom. The van der Waals surface area contributed by atoms with E-state index >= 15 is 0 Å². The summed E-state index contributed by atoms with van der Waals surface area (Å²) in [5.41, 5.74) is 1.27. The first-order chi connectivity index (χ1) is 15.5. The summed E-state index contributed by atoms with van der Waals surface area (Å²) >= 11 is 0. The molecule has 4 rings (SSSR count). The lowest BCUT2D eigenvalue weighted by Gasteiger charge is -2.21. The molecule has 5 nitrogen and oxygen atoms in total. The summed E-state index contributed by atoms with van der Waals surface area (Å²) in [5.74, 6) is -0.354. The highest BCUT2D eigenvalue weighted by molar-refractivity contribution is 5.95. The van der Waals surface area contributed by atoms with Crippen LogP contribution >= 0.6 is 12.4 Å². The minimum atomic E-state index is -4.40. The molecule has 2 N–H and O–H groups in total. The third-order valence-electron chi connectivity index (χ3n) is 5.90. The normalized spacial score (nSPS) is 20.6. The maximum Gasteiger partial charge on any atom is 0.416 e. The first-order valence-corrected chi connectivity index (χ1v) is 10.9. The van der Waals surface area contributed by atoms with Gasteiger partial charge in [-0.2, -0.15) is 18.3 Å². The van der Waals surface area contributed by atoms with Crippen LogP contribution in [0.1, 0.15) is 56.0 Å². The summed E-state index contributed by atoms with van der Waals surface area (Å²) in [6, 6.07) is 15.3. The van der Waals surface area contributed by atoms with E-state index in [4.69, 9.17) is 5.10 Å². The second kappa shape index (κ2) is 9.80. The van der Waals surface area contributed by atoms with Crippen molar-refractivity contribution in [1.82, 2.24) is 15.1 Å². The number of carbonyl (C=O) groups is 1. The number of alkyl halides is 3. The van der Waals surface area contributed by atoms with Crippen molar-refractivity contribution < 1.29 is 18.0 Å². The second-order valence-corrected chi connectivity index (χ2v) is 9.37. The standard InChI is InChI=1S/C25H27F3N4O.ClH/c1-24(2,3)32-14-13-20(31-32)19-15-21(23(33)29-18-7-5-4-6-8-18)30-22(19)16-9-11-17(12-10-16)25(26,27)28;/h4-14,19,21-22,30H,15H2,1-3H3,(H,29,33);1H/t19?,21-,22-;/m0./s1. The molecule has 2 heterocycles. The van der Waals surface area contributed by atoms with Crippen molar-refractivity contribution in [3.05, 3.63) is 83.7 Å². The van der Waals surface area contributed by atoms with Gasteiger partial charge in [-0.05, 0) is 63.1 Å². The van der Waals surface area contributed by atoms with E-state index in [2.05, 4.69) is 10.6 Å². The van der Waals surface area contributed by atoms with E-state index in [1.165, 1.54) is 12.1 Å². The molecule has 182 valence electrons. The Morgan fingerprint density at radius 1 is 1.03 bits per heavy atom. The Morgan fingerprint density at radius 2 is 1.68 bits per heavy atom. The number of hydrogen-bond donors (Lipinski definition) is 2. The van der Waals surface area contributed by atoms with Gasteiger partial charge in [-0.25, -0.2) is 0 Å². The maximum absolute atomic E-state index is 13.0.